The molecule has 0 aliphatic carbocycles. The number of fused-ring (bicyclic) bond motifs is 1. The van der Waals surface area contributed by atoms with E-state index >= 15 is 0 Å². The van der Waals surface area contributed by atoms with E-state index in [-0.39, 0.29) is 36.5 Å². The zero-order valence-corrected chi connectivity index (χ0v) is 16.6. The van der Waals surface area contributed by atoms with Gasteiger partial charge in [-0.2, -0.15) is 0 Å². The summed E-state index contributed by atoms with van der Waals surface area (Å²) in [4.78, 5) is 33.6. The zero-order valence-electron chi connectivity index (χ0n) is 14.2. The second-order valence-corrected chi connectivity index (χ2v) is 7.93. The predicted octanol–water partition coefficient (Wildman–Crippen LogP) is 2.43. The third kappa shape index (κ3) is 3.42. The summed E-state index contributed by atoms with van der Waals surface area (Å²) in [5.74, 6) is -0.0369. The van der Waals surface area contributed by atoms with E-state index in [1.807, 2.05) is 34.7 Å². The Morgan fingerprint density at radius 1 is 1.42 bits per heavy atom. The number of amides is 1. The minimum Gasteiger partial charge on any atom is -0.336 e. The number of halogens is 1. The molecule has 1 atom stereocenters. The Balaban J connectivity index is 0.00000196. The van der Waals surface area contributed by atoms with Crippen LogP contribution in [-0.2, 0) is 11.3 Å². The van der Waals surface area contributed by atoms with Crippen LogP contribution in [0.5, 0.6) is 0 Å². The molecule has 1 saturated heterocycles. The van der Waals surface area contributed by atoms with Gasteiger partial charge in [0.1, 0.15) is 11.4 Å². The van der Waals surface area contributed by atoms with E-state index in [1.165, 1.54) is 22.2 Å². The monoisotopic (exact) mass is 410 g/mol. The molecule has 3 aromatic heterocycles. The first-order chi connectivity index (χ1) is 12.1. The second kappa shape index (κ2) is 7.87. The van der Waals surface area contributed by atoms with Gasteiger partial charge in [-0.05, 0) is 18.4 Å². The fourth-order valence-electron chi connectivity index (χ4n) is 3.14. The highest BCUT2D eigenvalue weighted by atomic mass is 35.5. The Kier molecular flexibility index (Phi) is 5.76. The van der Waals surface area contributed by atoms with Gasteiger partial charge in [0.05, 0.1) is 11.7 Å². The molecule has 0 saturated carbocycles. The van der Waals surface area contributed by atoms with Crippen LogP contribution in [0.15, 0.2) is 34.0 Å². The summed E-state index contributed by atoms with van der Waals surface area (Å²) in [6.07, 6.45) is 1.49. The summed E-state index contributed by atoms with van der Waals surface area (Å²) < 4.78 is 1.43. The van der Waals surface area contributed by atoms with Gasteiger partial charge in [0.25, 0.3) is 5.56 Å². The molecule has 0 radical (unpaired) electrons. The molecule has 138 valence electrons. The first-order valence-electron chi connectivity index (χ1n) is 8.16. The van der Waals surface area contributed by atoms with Crippen molar-refractivity contribution in [1.29, 1.82) is 0 Å². The summed E-state index contributed by atoms with van der Waals surface area (Å²) in [5.41, 5.74) is 0.760. The Bertz CT molecular complexity index is 967. The number of carbonyl (C=O) groups excluding carboxylic acids is 1. The molecule has 1 amide bonds. The maximum atomic E-state index is 13.0. The van der Waals surface area contributed by atoms with Crippen molar-refractivity contribution in [3.63, 3.8) is 0 Å². The van der Waals surface area contributed by atoms with Crippen LogP contribution in [-0.4, -0.2) is 46.0 Å². The lowest BCUT2D eigenvalue weighted by Gasteiger charge is -2.34. The predicted molar refractivity (Wildman–Crippen MR) is 108 cm³/mol. The van der Waals surface area contributed by atoms with E-state index < -0.39 is 0 Å². The van der Waals surface area contributed by atoms with Crippen LogP contribution in [0, 0.1) is 0 Å². The lowest BCUT2D eigenvalue weighted by atomic mass is 10.2. The summed E-state index contributed by atoms with van der Waals surface area (Å²) in [6, 6.07) is 4.10. The maximum Gasteiger partial charge on any atom is 0.263 e. The van der Waals surface area contributed by atoms with Crippen LogP contribution in [0.25, 0.3) is 20.7 Å². The van der Waals surface area contributed by atoms with Gasteiger partial charge in [-0.3, -0.25) is 14.2 Å². The number of aromatic nitrogens is 2. The molecule has 26 heavy (non-hydrogen) atoms. The van der Waals surface area contributed by atoms with E-state index in [1.54, 1.807) is 11.3 Å². The van der Waals surface area contributed by atoms with E-state index in [2.05, 4.69) is 10.3 Å². The van der Waals surface area contributed by atoms with Crippen LogP contribution >= 0.6 is 35.1 Å². The lowest BCUT2D eigenvalue weighted by Crippen LogP contribution is -2.53. The fraction of sp³-hybridized carbons (Fsp3) is 0.353. The molecule has 0 spiro atoms. The van der Waals surface area contributed by atoms with Crippen molar-refractivity contribution in [3.8, 4) is 10.4 Å². The molecule has 1 aliphatic heterocycles. The van der Waals surface area contributed by atoms with Crippen LogP contribution in [0.4, 0.5) is 0 Å². The third-order valence-corrected chi connectivity index (χ3v) is 6.26. The Morgan fingerprint density at radius 3 is 3.00 bits per heavy atom. The van der Waals surface area contributed by atoms with E-state index in [9.17, 15) is 9.59 Å². The van der Waals surface area contributed by atoms with Crippen molar-refractivity contribution in [1.82, 2.24) is 19.8 Å². The number of thiophene rings is 2. The van der Waals surface area contributed by atoms with Gasteiger partial charge in [-0.1, -0.05) is 6.07 Å². The number of carbonyl (C=O) groups is 1. The summed E-state index contributed by atoms with van der Waals surface area (Å²) in [5, 5.41) is 7.83. The molecule has 0 unspecified atom stereocenters. The largest absolute Gasteiger partial charge is 0.336 e. The lowest BCUT2D eigenvalue weighted by molar-refractivity contribution is -0.134. The van der Waals surface area contributed by atoms with Gasteiger partial charge in [0.15, 0.2) is 0 Å². The number of nitrogens with one attached hydrogen (secondary N) is 1. The third-order valence-electron chi connectivity index (χ3n) is 4.47. The molecular weight excluding hydrogens is 392 g/mol. The van der Waals surface area contributed by atoms with E-state index in [0.29, 0.717) is 16.8 Å². The Morgan fingerprint density at radius 2 is 2.27 bits per heavy atom. The quantitative estimate of drug-likeness (QED) is 0.720. The average molecular weight is 411 g/mol. The normalized spacial score (nSPS) is 17.3. The first kappa shape index (κ1) is 19.0. The van der Waals surface area contributed by atoms with Crippen LogP contribution in [0.2, 0.25) is 0 Å². The highest BCUT2D eigenvalue weighted by Gasteiger charge is 2.24. The van der Waals surface area contributed by atoms with Gasteiger partial charge in [0.2, 0.25) is 5.91 Å². The number of hydrogen-bond acceptors (Lipinski definition) is 6. The van der Waals surface area contributed by atoms with Gasteiger partial charge in [-0.25, -0.2) is 4.98 Å². The molecule has 4 heterocycles. The number of hydrogen-bond donors (Lipinski definition) is 1. The molecule has 3 aromatic rings. The molecule has 1 N–H and O–H groups in total. The van der Waals surface area contributed by atoms with Crippen LogP contribution < -0.4 is 10.9 Å². The Labute approximate surface area is 164 Å². The van der Waals surface area contributed by atoms with Crippen molar-refractivity contribution >= 4 is 51.2 Å². The summed E-state index contributed by atoms with van der Waals surface area (Å²) in [6.45, 7) is 4.29. The first-order valence-corrected chi connectivity index (χ1v) is 9.92. The molecule has 1 aliphatic rings. The van der Waals surface area contributed by atoms with Crippen LogP contribution in [0.1, 0.15) is 6.92 Å². The van der Waals surface area contributed by atoms with Gasteiger partial charge in [0, 0.05) is 41.5 Å². The van der Waals surface area contributed by atoms with Crippen LogP contribution in [0.3, 0.4) is 0 Å². The molecule has 9 heteroatoms. The number of piperazine rings is 1. The zero-order chi connectivity index (χ0) is 17.4. The SMILES string of the molecule is C[C@@H]1CNCCN1C(=O)Cn1cnc2scc(-c3cccs3)c2c1=O.Cl. The molecule has 0 bridgehead atoms. The van der Waals surface area contributed by atoms with E-state index in [0.717, 1.165) is 23.5 Å². The summed E-state index contributed by atoms with van der Waals surface area (Å²) in [7, 11) is 0. The van der Waals surface area contributed by atoms with Gasteiger partial charge >= 0.3 is 0 Å². The van der Waals surface area contributed by atoms with Gasteiger partial charge < -0.3 is 10.2 Å². The standard InChI is InChI=1S/C17H18N4O2S2.ClH/c1-11-7-18-4-5-21(11)14(22)8-20-10-19-16-15(17(20)23)12(9-25-16)13-3-2-6-24-13;/h2-3,6,9-11,18H,4-5,7-8H2,1H3;1H/t11-;/m1./s1. The summed E-state index contributed by atoms with van der Waals surface area (Å²) >= 11 is 3.06. The van der Waals surface area contributed by atoms with Crippen molar-refractivity contribution < 1.29 is 4.79 Å². The highest BCUT2D eigenvalue weighted by molar-refractivity contribution is 7.18. The van der Waals surface area contributed by atoms with Crippen molar-refractivity contribution in [2.45, 2.75) is 19.5 Å². The van der Waals surface area contributed by atoms with Crippen molar-refractivity contribution in [2.24, 2.45) is 0 Å². The molecule has 1 fully saturated rings. The minimum atomic E-state index is -0.147. The molecular formula is C17H19ClN4O2S2. The minimum absolute atomic E-state index is 0. The molecule has 6 nitrogen and oxygen atoms in total. The fourth-order valence-corrected chi connectivity index (χ4v) is 4.86. The second-order valence-electron chi connectivity index (χ2n) is 6.12. The van der Waals surface area contributed by atoms with Crippen molar-refractivity contribution in [3.05, 3.63) is 39.6 Å². The average Bonchev–Trinajstić information content (AvgIpc) is 3.27. The smallest absolute Gasteiger partial charge is 0.263 e. The van der Waals surface area contributed by atoms with E-state index in [4.69, 9.17) is 0 Å². The maximum absolute atomic E-state index is 13.0. The Hall–Kier alpha value is -1.74. The molecule has 4 rings (SSSR count). The van der Waals surface area contributed by atoms with Gasteiger partial charge in [-0.15, -0.1) is 35.1 Å². The highest BCUT2D eigenvalue weighted by Crippen LogP contribution is 2.33. The number of nitrogens with zero attached hydrogens (tertiary/aromatic N) is 3. The number of rotatable bonds is 3. The topological polar surface area (TPSA) is 67.2 Å². The molecule has 0 aromatic carbocycles. The van der Waals surface area contributed by atoms with Crippen molar-refractivity contribution in [2.75, 3.05) is 19.6 Å².